The number of ether oxygens (including phenoxy) is 1. The van der Waals surface area contributed by atoms with Crippen LogP contribution in [0, 0.1) is 12.7 Å². The number of aromatic nitrogens is 4. The number of rotatable bonds is 5. The van der Waals surface area contributed by atoms with E-state index < -0.39 is 5.82 Å². The molecule has 3 aromatic heterocycles. The lowest BCUT2D eigenvalue weighted by atomic mass is 9.93. The van der Waals surface area contributed by atoms with Gasteiger partial charge in [-0.05, 0) is 44.7 Å². The predicted molar refractivity (Wildman–Crippen MR) is 102 cm³/mol. The van der Waals surface area contributed by atoms with E-state index in [1.807, 2.05) is 36.0 Å². The lowest BCUT2D eigenvalue weighted by molar-refractivity contribution is 0.0888. The lowest BCUT2D eigenvalue weighted by Crippen LogP contribution is -2.39. The van der Waals surface area contributed by atoms with Crippen molar-refractivity contribution in [3.05, 3.63) is 53.3 Å². The first-order chi connectivity index (χ1) is 13.6. The highest BCUT2D eigenvalue weighted by atomic mass is 32.1. The summed E-state index contributed by atoms with van der Waals surface area (Å²) >= 11 is 1.39. The predicted octanol–water partition coefficient (Wildman–Crippen LogP) is 3.29. The molecule has 0 spiro atoms. The summed E-state index contributed by atoms with van der Waals surface area (Å²) in [6.07, 6.45) is 9.15. The van der Waals surface area contributed by atoms with Crippen molar-refractivity contribution in [1.29, 1.82) is 0 Å². The Morgan fingerprint density at radius 2 is 1.89 bits per heavy atom. The minimum absolute atomic E-state index is 0.0240. The highest BCUT2D eigenvalue weighted by Gasteiger charge is 2.26. The van der Waals surface area contributed by atoms with E-state index in [0.29, 0.717) is 4.88 Å². The van der Waals surface area contributed by atoms with Gasteiger partial charge in [0.1, 0.15) is 11.0 Å². The van der Waals surface area contributed by atoms with Gasteiger partial charge in [0, 0.05) is 18.4 Å². The first-order valence-corrected chi connectivity index (χ1v) is 9.96. The fourth-order valence-electron chi connectivity index (χ4n) is 3.25. The second-order valence-electron chi connectivity index (χ2n) is 6.75. The van der Waals surface area contributed by atoms with Crippen molar-refractivity contribution in [1.82, 2.24) is 24.8 Å². The smallest absolute Gasteiger partial charge is 0.316 e. The standard InChI is InChI=1S/C19H20FN5O2S/c1-12-16(28-19(23-12)25-8-2-3-9-25)17(26)24-14-4-6-15(7-5-14)27-18-21-10-13(20)11-22-18/h2-3,8-11,14-15H,4-7H2,1H3,(H,24,26). The molecule has 0 radical (unpaired) electrons. The summed E-state index contributed by atoms with van der Waals surface area (Å²) in [4.78, 5) is 25.5. The van der Waals surface area contributed by atoms with Crippen molar-refractivity contribution in [2.75, 3.05) is 0 Å². The van der Waals surface area contributed by atoms with Crippen LogP contribution >= 0.6 is 11.3 Å². The van der Waals surface area contributed by atoms with Gasteiger partial charge in [0.15, 0.2) is 10.9 Å². The van der Waals surface area contributed by atoms with E-state index in [4.69, 9.17) is 4.74 Å². The van der Waals surface area contributed by atoms with Gasteiger partial charge < -0.3 is 14.6 Å². The Hall–Kier alpha value is -2.81. The molecular weight excluding hydrogens is 381 g/mol. The van der Waals surface area contributed by atoms with Crippen molar-refractivity contribution >= 4 is 17.2 Å². The Bertz CT molecular complexity index is 934. The van der Waals surface area contributed by atoms with Crippen LogP contribution in [-0.2, 0) is 0 Å². The van der Waals surface area contributed by atoms with Crippen molar-refractivity contribution in [2.45, 2.75) is 44.8 Å². The third kappa shape index (κ3) is 4.19. The third-order valence-electron chi connectivity index (χ3n) is 4.70. The second kappa shape index (κ2) is 8.05. The molecule has 3 heterocycles. The summed E-state index contributed by atoms with van der Waals surface area (Å²) in [5.41, 5.74) is 0.733. The largest absolute Gasteiger partial charge is 0.460 e. The molecule has 0 atom stereocenters. The van der Waals surface area contributed by atoms with Gasteiger partial charge in [-0.2, -0.15) is 0 Å². The monoisotopic (exact) mass is 401 g/mol. The van der Waals surface area contributed by atoms with Gasteiger partial charge >= 0.3 is 6.01 Å². The molecule has 1 N–H and O–H groups in total. The molecule has 7 nitrogen and oxygen atoms in total. The van der Waals surface area contributed by atoms with Gasteiger partial charge in [-0.1, -0.05) is 11.3 Å². The summed E-state index contributed by atoms with van der Waals surface area (Å²) < 4.78 is 20.5. The number of aryl methyl sites for hydroxylation is 1. The Labute approximate surface area is 165 Å². The van der Waals surface area contributed by atoms with E-state index in [2.05, 4.69) is 20.3 Å². The zero-order valence-corrected chi connectivity index (χ0v) is 16.2. The minimum Gasteiger partial charge on any atom is -0.460 e. The summed E-state index contributed by atoms with van der Waals surface area (Å²) in [6.45, 7) is 1.85. The molecule has 0 unspecified atom stereocenters. The van der Waals surface area contributed by atoms with Crippen LogP contribution in [0.2, 0.25) is 0 Å². The molecule has 1 amide bonds. The summed E-state index contributed by atoms with van der Waals surface area (Å²) in [5, 5.41) is 3.89. The Morgan fingerprint density at radius 3 is 2.57 bits per heavy atom. The highest BCUT2D eigenvalue weighted by Crippen LogP contribution is 2.25. The van der Waals surface area contributed by atoms with Gasteiger partial charge in [-0.3, -0.25) is 4.79 Å². The zero-order valence-electron chi connectivity index (χ0n) is 15.3. The maximum absolute atomic E-state index is 12.9. The van der Waals surface area contributed by atoms with Crippen LogP contribution in [0.25, 0.3) is 5.13 Å². The van der Waals surface area contributed by atoms with Crippen molar-refractivity contribution in [2.24, 2.45) is 0 Å². The maximum Gasteiger partial charge on any atom is 0.316 e. The molecule has 3 aromatic rings. The fraction of sp³-hybridized carbons (Fsp3) is 0.368. The minimum atomic E-state index is -0.489. The SMILES string of the molecule is Cc1nc(-n2cccc2)sc1C(=O)NC1CCC(Oc2ncc(F)cn2)CC1. The molecule has 0 saturated heterocycles. The number of halogens is 1. The zero-order chi connectivity index (χ0) is 19.5. The number of hydrogen-bond donors (Lipinski definition) is 1. The highest BCUT2D eigenvalue weighted by molar-refractivity contribution is 7.16. The van der Waals surface area contributed by atoms with Crippen LogP contribution in [0.15, 0.2) is 36.9 Å². The molecule has 1 fully saturated rings. The van der Waals surface area contributed by atoms with E-state index in [1.165, 1.54) is 11.3 Å². The van der Waals surface area contributed by atoms with Gasteiger partial charge in [0.25, 0.3) is 5.91 Å². The van der Waals surface area contributed by atoms with Crippen LogP contribution in [0.4, 0.5) is 4.39 Å². The van der Waals surface area contributed by atoms with E-state index in [9.17, 15) is 9.18 Å². The summed E-state index contributed by atoms with van der Waals surface area (Å²) in [7, 11) is 0. The van der Waals surface area contributed by atoms with Crippen LogP contribution in [-0.4, -0.2) is 37.6 Å². The maximum atomic E-state index is 12.9. The summed E-state index contributed by atoms with van der Waals surface area (Å²) in [5.74, 6) is -0.572. The first-order valence-electron chi connectivity index (χ1n) is 9.14. The molecule has 1 aliphatic rings. The molecule has 28 heavy (non-hydrogen) atoms. The second-order valence-corrected chi connectivity index (χ2v) is 7.73. The molecular formula is C19H20FN5O2S. The third-order valence-corrected chi connectivity index (χ3v) is 5.86. The normalized spacial score (nSPS) is 19.4. The van der Waals surface area contributed by atoms with Crippen LogP contribution in [0.5, 0.6) is 6.01 Å². The molecule has 1 aliphatic carbocycles. The molecule has 4 rings (SSSR count). The Kier molecular flexibility index (Phi) is 5.34. The van der Waals surface area contributed by atoms with Crippen LogP contribution in [0.3, 0.4) is 0 Å². The fourth-order valence-corrected chi connectivity index (χ4v) is 4.19. The van der Waals surface area contributed by atoms with Crippen molar-refractivity contribution < 1.29 is 13.9 Å². The number of carbonyl (C=O) groups excluding carboxylic acids is 1. The Balaban J connectivity index is 1.31. The number of nitrogens with one attached hydrogen (secondary N) is 1. The summed E-state index contributed by atoms with van der Waals surface area (Å²) in [6, 6.07) is 4.13. The lowest BCUT2D eigenvalue weighted by Gasteiger charge is -2.28. The van der Waals surface area contributed by atoms with E-state index in [1.54, 1.807) is 0 Å². The molecule has 146 valence electrons. The van der Waals surface area contributed by atoms with Gasteiger partial charge in [0.2, 0.25) is 0 Å². The molecule has 1 saturated carbocycles. The number of amides is 1. The van der Waals surface area contributed by atoms with Gasteiger partial charge in [-0.15, -0.1) is 0 Å². The molecule has 0 bridgehead atoms. The van der Waals surface area contributed by atoms with Crippen LogP contribution < -0.4 is 10.1 Å². The quantitative estimate of drug-likeness (QED) is 0.709. The molecule has 0 aromatic carbocycles. The van der Waals surface area contributed by atoms with E-state index >= 15 is 0 Å². The number of nitrogens with zero attached hydrogens (tertiary/aromatic N) is 4. The number of thiazole rings is 1. The first kappa shape index (κ1) is 18.5. The average molecular weight is 401 g/mol. The Morgan fingerprint density at radius 1 is 1.21 bits per heavy atom. The van der Waals surface area contributed by atoms with E-state index in [0.717, 1.165) is 48.9 Å². The van der Waals surface area contributed by atoms with Gasteiger partial charge in [0.05, 0.1) is 18.1 Å². The van der Waals surface area contributed by atoms with E-state index in [-0.39, 0.29) is 24.1 Å². The van der Waals surface area contributed by atoms with Gasteiger partial charge in [-0.25, -0.2) is 19.3 Å². The van der Waals surface area contributed by atoms with Crippen molar-refractivity contribution in [3.63, 3.8) is 0 Å². The average Bonchev–Trinajstić information content (AvgIpc) is 3.35. The molecule has 9 heteroatoms. The molecule has 0 aliphatic heterocycles. The number of hydrogen-bond acceptors (Lipinski definition) is 6. The topological polar surface area (TPSA) is 81.9 Å². The van der Waals surface area contributed by atoms with Crippen LogP contribution in [0.1, 0.15) is 41.0 Å². The van der Waals surface area contributed by atoms with Crippen molar-refractivity contribution in [3.8, 4) is 11.1 Å². The number of carbonyl (C=O) groups is 1.